The average molecular weight is 182 g/mol. The van der Waals surface area contributed by atoms with E-state index in [0.29, 0.717) is 6.61 Å². The zero-order valence-corrected chi connectivity index (χ0v) is 8.51. The van der Waals surface area contributed by atoms with Crippen molar-refractivity contribution in [2.24, 2.45) is 5.92 Å². The van der Waals surface area contributed by atoms with E-state index in [2.05, 4.69) is 6.92 Å². The van der Waals surface area contributed by atoms with Gasteiger partial charge < -0.3 is 4.74 Å². The van der Waals surface area contributed by atoms with Crippen LogP contribution in [0.1, 0.15) is 39.5 Å². The molecule has 0 amide bonds. The van der Waals surface area contributed by atoms with E-state index in [4.69, 9.17) is 4.74 Å². The lowest BCUT2D eigenvalue weighted by Crippen LogP contribution is -2.08. The molecule has 1 rings (SSSR count). The Balaban J connectivity index is 2.07. The van der Waals surface area contributed by atoms with E-state index < -0.39 is 0 Å². The highest BCUT2D eigenvalue weighted by Gasteiger charge is 2.32. The van der Waals surface area contributed by atoms with Gasteiger partial charge in [-0.05, 0) is 19.8 Å². The van der Waals surface area contributed by atoms with Gasteiger partial charge in [0.15, 0.2) is 0 Å². The first-order chi connectivity index (χ1) is 6.29. The largest absolute Gasteiger partial charge is 0.465 e. The molecule has 0 heterocycles. The fourth-order valence-corrected chi connectivity index (χ4v) is 1.44. The number of carbonyl (C=O) groups excluding carboxylic acids is 1. The van der Waals surface area contributed by atoms with Gasteiger partial charge in [-0.2, -0.15) is 0 Å². The minimum Gasteiger partial charge on any atom is -0.465 e. The normalized spacial score (nSPS) is 19.5. The van der Waals surface area contributed by atoms with Crippen LogP contribution in [0.15, 0.2) is 11.6 Å². The predicted molar refractivity (Wildman–Crippen MR) is 52.3 cm³/mol. The van der Waals surface area contributed by atoms with Crippen LogP contribution in [0.5, 0.6) is 0 Å². The minimum absolute atomic E-state index is 0.0387. The zero-order chi connectivity index (χ0) is 9.68. The molecule has 2 nitrogen and oxygen atoms in total. The Morgan fingerprint density at radius 2 is 2.23 bits per heavy atom. The molecule has 0 saturated heterocycles. The summed E-state index contributed by atoms with van der Waals surface area (Å²) < 4.78 is 4.91. The van der Waals surface area contributed by atoms with Gasteiger partial charge in [0, 0.05) is 0 Å². The van der Waals surface area contributed by atoms with Crippen molar-refractivity contribution in [3.8, 4) is 0 Å². The van der Waals surface area contributed by atoms with Crippen LogP contribution in [-0.2, 0) is 9.53 Å². The van der Waals surface area contributed by atoms with Crippen molar-refractivity contribution in [3.63, 3.8) is 0 Å². The lowest BCUT2D eigenvalue weighted by Gasteiger charge is -2.00. The van der Waals surface area contributed by atoms with Gasteiger partial charge >= 0.3 is 5.97 Å². The van der Waals surface area contributed by atoms with Crippen molar-refractivity contribution in [2.45, 2.75) is 39.5 Å². The molecule has 0 fully saturated rings. The first-order valence-corrected chi connectivity index (χ1v) is 5.16. The van der Waals surface area contributed by atoms with Crippen molar-refractivity contribution in [3.05, 3.63) is 11.6 Å². The Hall–Kier alpha value is -0.790. The summed E-state index contributed by atoms with van der Waals surface area (Å²) in [7, 11) is 0. The summed E-state index contributed by atoms with van der Waals surface area (Å²) in [4.78, 5) is 11.2. The summed E-state index contributed by atoms with van der Waals surface area (Å²) in [5.41, 5.74) is 1.28. The van der Waals surface area contributed by atoms with E-state index >= 15 is 0 Å². The van der Waals surface area contributed by atoms with Crippen molar-refractivity contribution < 1.29 is 9.53 Å². The number of ether oxygens (including phenoxy) is 1. The number of hydrogen-bond acceptors (Lipinski definition) is 2. The molecule has 2 heteroatoms. The molecule has 0 aromatic heterocycles. The van der Waals surface area contributed by atoms with Crippen molar-refractivity contribution in [1.82, 2.24) is 0 Å². The minimum atomic E-state index is -0.0611. The van der Waals surface area contributed by atoms with Crippen LogP contribution in [0, 0.1) is 5.92 Å². The lowest BCUT2D eigenvalue weighted by atomic mass is 10.1. The number of rotatable bonds is 6. The Labute approximate surface area is 80.0 Å². The van der Waals surface area contributed by atoms with E-state index in [0.717, 1.165) is 6.42 Å². The molecule has 1 atom stereocenters. The van der Waals surface area contributed by atoms with Gasteiger partial charge in [-0.3, -0.25) is 4.79 Å². The molecule has 0 aromatic rings. The highest BCUT2D eigenvalue weighted by molar-refractivity contribution is 5.83. The maximum atomic E-state index is 11.2. The van der Waals surface area contributed by atoms with E-state index in [1.54, 1.807) is 0 Å². The van der Waals surface area contributed by atoms with Crippen LogP contribution in [-0.4, -0.2) is 12.6 Å². The molecule has 0 saturated carbocycles. The van der Waals surface area contributed by atoms with E-state index in [9.17, 15) is 4.79 Å². The Kier molecular flexibility index (Phi) is 4.00. The fourth-order valence-electron chi connectivity index (χ4n) is 1.44. The number of hydrogen-bond donors (Lipinski definition) is 0. The van der Waals surface area contributed by atoms with Crippen molar-refractivity contribution in [2.75, 3.05) is 6.61 Å². The van der Waals surface area contributed by atoms with Crippen LogP contribution < -0.4 is 0 Å². The highest BCUT2D eigenvalue weighted by Crippen LogP contribution is 2.34. The average Bonchev–Trinajstić information content (AvgIpc) is 2.85. The van der Waals surface area contributed by atoms with Gasteiger partial charge in [-0.25, -0.2) is 0 Å². The molecular weight excluding hydrogens is 164 g/mol. The first kappa shape index (κ1) is 10.3. The summed E-state index contributed by atoms with van der Waals surface area (Å²) in [5.74, 6) is -0.0224. The summed E-state index contributed by atoms with van der Waals surface area (Å²) >= 11 is 0. The van der Waals surface area contributed by atoms with Crippen molar-refractivity contribution in [1.29, 1.82) is 0 Å². The first-order valence-electron chi connectivity index (χ1n) is 5.16. The molecule has 0 spiro atoms. The second-order valence-electron chi connectivity index (χ2n) is 3.43. The van der Waals surface area contributed by atoms with E-state index in [1.165, 1.54) is 24.8 Å². The third-order valence-corrected chi connectivity index (χ3v) is 2.28. The fraction of sp³-hybridized carbons (Fsp3) is 0.727. The molecule has 13 heavy (non-hydrogen) atoms. The molecule has 0 unspecified atom stereocenters. The SMILES string of the molecule is CCCCCC1=C[C@@H]1C(=O)OCC. The molecule has 0 N–H and O–H groups in total. The Morgan fingerprint density at radius 3 is 2.85 bits per heavy atom. The van der Waals surface area contributed by atoms with Crippen LogP contribution in [0.3, 0.4) is 0 Å². The maximum absolute atomic E-state index is 11.2. The molecule has 0 aromatic carbocycles. The lowest BCUT2D eigenvalue weighted by molar-refractivity contribution is -0.144. The third-order valence-electron chi connectivity index (χ3n) is 2.28. The summed E-state index contributed by atoms with van der Waals surface area (Å²) in [6.45, 7) is 4.52. The van der Waals surface area contributed by atoms with Crippen LogP contribution >= 0.6 is 0 Å². The van der Waals surface area contributed by atoms with Gasteiger partial charge in [0.2, 0.25) is 0 Å². The number of carbonyl (C=O) groups is 1. The number of esters is 1. The van der Waals surface area contributed by atoms with E-state index in [1.807, 2.05) is 13.0 Å². The standard InChI is InChI=1S/C11H18O2/c1-3-5-6-7-9-8-10(9)11(12)13-4-2/h8,10H,3-7H2,1-2H3/t10-/m0/s1. The van der Waals surface area contributed by atoms with Crippen LogP contribution in [0.2, 0.25) is 0 Å². The summed E-state index contributed by atoms with van der Waals surface area (Å²) in [6, 6.07) is 0. The Bertz CT molecular complexity index is 206. The monoisotopic (exact) mass is 182 g/mol. The molecule has 0 radical (unpaired) electrons. The second kappa shape index (κ2) is 5.05. The van der Waals surface area contributed by atoms with Crippen LogP contribution in [0.25, 0.3) is 0 Å². The molecule has 1 aliphatic carbocycles. The number of unbranched alkanes of at least 4 members (excludes halogenated alkanes) is 2. The van der Waals surface area contributed by atoms with E-state index in [-0.39, 0.29) is 11.9 Å². The van der Waals surface area contributed by atoms with Gasteiger partial charge in [-0.1, -0.05) is 31.4 Å². The molecule has 0 aliphatic heterocycles. The smallest absolute Gasteiger partial charge is 0.316 e. The second-order valence-corrected chi connectivity index (χ2v) is 3.43. The summed E-state index contributed by atoms with van der Waals surface area (Å²) in [6.07, 6.45) is 6.80. The molecule has 1 aliphatic rings. The topological polar surface area (TPSA) is 26.3 Å². The highest BCUT2D eigenvalue weighted by atomic mass is 16.5. The predicted octanol–water partition coefficient (Wildman–Crippen LogP) is 2.69. The maximum Gasteiger partial charge on any atom is 0.316 e. The molecule has 0 bridgehead atoms. The van der Waals surface area contributed by atoms with Crippen molar-refractivity contribution >= 4 is 5.97 Å². The third kappa shape index (κ3) is 3.21. The quantitative estimate of drug-likeness (QED) is 0.358. The summed E-state index contributed by atoms with van der Waals surface area (Å²) in [5, 5.41) is 0. The molecular formula is C11H18O2. The van der Waals surface area contributed by atoms with Crippen LogP contribution in [0.4, 0.5) is 0 Å². The van der Waals surface area contributed by atoms with Gasteiger partial charge in [0.05, 0.1) is 12.5 Å². The van der Waals surface area contributed by atoms with Gasteiger partial charge in [-0.15, -0.1) is 0 Å². The Morgan fingerprint density at radius 1 is 1.46 bits per heavy atom. The zero-order valence-electron chi connectivity index (χ0n) is 8.51. The van der Waals surface area contributed by atoms with Gasteiger partial charge in [0.1, 0.15) is 0 Å². The van der Waals surface area contributed by atoms with Gasteiger partial charge in [0.25, 0.3) is 0 Å². The molecule has 74 valence electrons.